The van der Waals surface area contributed by atoms with Crippen molar-refractivity contribution in [1.82, 2.24) is 14.9 Å². The van der Waals surface area contributed by atoms with Gasteiger partial charge in [0.25, 0.3) is 0 Å². The molecular formula is C31H25BrN4OS. The molecule has 0 bridgehead atoms. The van der Waals surface area contributed by atoms with Crippen molar-refractivity contribution in [3.63, 3.8) is 0 Å². The Morgan fingerprint density at radius 3 is 2.45 bits per heavy atom. The summed E-state index contributed by atoms with van der Waals surface area (Å²) >= 11 is 9.54. The molecule has 1 N–H and O–H groups in total. The topological polar surface area (TPSA) is 42.3 Å². The van der Waals surface area contributed by atoms with Crippen LogP contribution >= 0.6 is 28.1 Å². The first-order valence-corrected chi connectivity index (χ1v) is 13.6. The predicted molar refractivity (Wildman–Crippen MR) is 159 cm³/mol. The predicted octanol–water partition coefficient (Wildman–Crippen LogP) is 7.91. The smallest absolute Gasteiger partial charge is 0.174 e. The van der Waals surface area contributed by atoms with Crippen molar-refractivity contribution >= 4 is 38.9 Å². The van der Waals surface area contributed by atoms with Crippen molar-refractivity contribution < 1.29 is 4.74 Å². The van der Waals surface area contributed by atoms with E-state index in [1.54, 1.807) is 0 Å². The Balaban J connectivity index is 1.40. The highest BCUT2D eigenvalue weighted by Crippen LogP contribution is 2.42. The lowest BCUT2D eigenvalue weighted by molar-refractivity contribution is 0.479. The number of anilines is 1. The van der Waals surface area contributed by atoms with Gasteiger partial charge in [0.15, 0.2) is 5.11 Å². The summed E-state index contributed by atoms with van der Waals surface area (Å²) < 4.78 is 9.38. The van der Waals surface area contributed by atoms with Crippen LogP contribution < -0.4 is 15.0 Å². The summed E-state index contributed by atoms with van der Waals surface area (Å²) in [7, 11) is 0. The Morgan fingerprint density at radius 1 is 0.868 bits per heavy atom. The molecule has 1 aliphatic heterocycles. The number of nitrogens with zero attached hydrogens (tertiary/aromatic N) is 3. The van der Waals surface area contributed by atoms with E-state index in [-0.39, 0.29) is 12.1 Å². The Morgan fingerprint density at radius 2 is 1.68 bits per heavy atom. The number of aromatic nitrogens is 2. The van der Waals surface area contributed by atoms with E-state index in [4.69, 9.17) is 17.0 Å². The average Bonchev–Trinajstić information content (AvgIpc) is 3.55. The van der Waals surface area contributed by atoms with Gasteiger partial charge in [0.2, 0.25) is 0 Å². The normalized spacial score (nSPS) is 16.9. The van der Waals surface area contributed by atoms with Gasteiger partial charge in [0.05, 0.1) is 11.7 Å². The van der Waals surface area contributed by atoms with Crippen molar-refractivity contribution in [3.8, 4) is 17.2 Å². The fraction of sp³-hybridized carbons (Fsp3) is 0.0968. The van der Waals surface area contributed by atoms with Crippen LogP contribution in [0.4, 0.5) is 5.69 Å². The van der Waals surface area contributed by atoms with Crippen LogP contribution in [0, 0.1) is 6.92 Å². The molecule has 2 aromatic heterocycles. The molecular weight excluding hydrogens is 556 g/mol. The molecule has 1 fully saturated rings. The molecule has 38 heavy (non-hydrogen) atoms. The number of halogens is 1. The number of hydrogen-bond donors (Lipinski definition) is 1. The number of ether oxygens (including phenoxy) is 1. The fourth-order valence-electron chi connectivity index (χ4n) is 4.90. The summed E-state index contributed by atoms with van der Waals surface area (Å²) in [5.74, 6) is 1.62. The van der Waals surface area contributed by atoms with Gasteiger partial charge in [-0.1, -0.05) is 46.3 Å². The van der Waals surface area contributed by atoms with E-state index in [2.05, 4.69) is 78.3 Å². The highest BCUT2D eigenvalue weighted by atomic mass is 79.9. The Labute approximate surface area is 235 Å². The molecule has 5 nitrogen and oxygen atoms in total. The molecule has 0 saturated carbocycles. The van der Waals surface area contributed by atoms with Crippen LogP contribution in [-0.2, 0) is 0 Å². The Bertz CT molecular complexity index is 1590. The number of aryl methyl sites for hydroxylation is 1. The second kappa shape index (κ2) is 10.4. The van der Waals surface area contributed by atoms with E-state index in [1.165, 1.54) is 0 Å². The first-order chi connectivity index (χ1) is 18.6. The molecule has 0 aliphatic carbocycles. The van der Waals surface area contributed by atoms with Gasteiger partial charge in [-0.2, -0.15) is 0 Å². The quantitative estimate of drug-likeness (QED) is 0.207. The third-order valence-corrected chi connectivity index (χ3v) is 7.51. The lowest BCUT2D eigenvalue weighted by atomic mass is 10.0. The van der Waals surface area contributed by atoms with Gasteiger partial charge in [0, 0.05) is 33.9 Å². The van der Waals surface area contributed by atoms with E-state index < -0.39 is 0 Å². The third kappa shape index (κ3) is 4.71. The van der Waals surface area contributed by atoms with Crippen LogP contribution in [0.1, 0.15) is 29.0 Å². The Hall–Kier alpha value is -3.94. The van der Waals surface area contributed by atoms with Crippen LogP contribution in [0.2, 0.25) is 0 Å². The van der Waals surface area contributed by atoms with Crippen molar-refractivity contribution in [2.24, 2.45) is 0 Å². The van der Waals surface area contributed by atoms with E-state index in [1.807, 2.05) is 79.9 Å². The Kier molecular flexibility index (Phi) is 6.70. The lowest BCUT2D eigenvalue weighted by Gasteiger charge is -2.29. The minimum atomic E-state index is -0.132. The second-order valence-electron chi connectivity index (χ2n) is 9.14. The highest BCUT2D eigenvalue weighted by molar-refractivity contribution is 9.10. The van der Waals surface area contributed by atoms with Gasteiger partial charge >= 0.3 is 0 Å². The number of rotatable bonds is 6. The number of nitrogens with one attached hydrogen (secondary N) is 1. The van der Waals surface area contributed by atoms with Crippen LogP contribution in [0.5, 0.6) is 11.5 Å². The molecule has 0 unspecified atom stereocenters. The molecule has 6 rings (SSSR count). The molecule has 1 saturated heterocycles. The van der Waals surface area contributed by atoms with Crippen LogP contribution in [0.3, 0.4) is 0 Å². The van der Waals surface area contributed by atoms with E-state index in [9.17, 15) is 0 Å². The largest absolute Gasteiger partial charge is 0.457 e. The summed E-state index contributed by atoms with van der Waals surface area (Å²) in [6.45, 7) is 2.04. The molecule has 0 spiro atoms. The standard InChI is InChI=1S/C31H25BrN4OS/c1-21-8-2-3-13-28(21)37-25-16-14-23(15-17-25)36-30(29(34-31(36)38)26-11-4-5-18-33-26)27-12-7-19-35(27)24-10-6-9-22(32)20-24/h2-20,29-30H,1H3,(H,34,38)/t29-,30+/m1/s1. The van der Waals surface area contributed by atoms with Crippen molar-refractivity contribution in [2.75, 3.05) is 4.90 Å². The van der Waals surface area contributed by atoms with Crippen LogP contribution in [0.25, 0.3) is 5.69 Å². The zero-order valence-corrected chi connectivity index (χ0v) is 23.1. The molecule has 1 aliphatic rings. The van der Waals surface area contributed by atoms with Gasteiger partial charge in [-0.05, 0) is 97.5 Å². The summed E-state index contributed by atoms with van der Waals surface area (Å²) in [6, 6.07) is 34.3. The highest BCUT2D eigenvalue weighted by Gasteiger charge is 2.42. The SMILES string of the molecule is Cc1ccccc1Oc1ccc(N2C(=S)N[C@H](c3ccccn3)[C@@H]2c2cccn2-c2cccc(Br)c2)cc1. The number of thiocarbonyl (C=S) groups is 1. The van der Waals surface area contributed by atoms with Crippen LogP contribution in [0.15, 0.2) is 120 Å². The second-order valence-corrected chi connectivity index (χ2v) is 10.4. The maximum atomic E-state index is 6.15. The van der Waals surface area contributed by atoms with Gasteiger partial charge in [-0.15, -0.1) is 0 Å². The summed E-state index contributed by atoms with van der Waals surface area (Å²) in [4.78, 5) is 6.86. The minimum Gasteiger partial charge on any atom is -0.457 e. The van der Waals surface area contributed by atoms with Gasteiger partial charge in [0.1, 0.15) is 17.5 Å². The molecule has 3 aromatic carbocycles. The first kappa shape index (κ1) is 24.4. The monoisotopic (exact) mass is 580 g/mol. The van der Waals surface area contributed by atoms with E-state index >= 15 is 0 Å². The molecule has 3 heterocycles. The molecule has 2 atom stereocenters. The van der Waals surface area contributed by atoms with Crippen LogP contribution in [-0.4, -0.2) is 14.7 Å². The van der Waals surface area contributed by atoms with E-state index in [0.717, 1.165) is 44.3 Å². The number of hydrogen-bond acceptors (Lipinski definition) is 3. The molecule has 7 heteroatoms. The van der Waals surface area contributed by atoms with Crippen molar-refractivity contribution in [3.05, 3.63) is 137 Å². The number of benzene rings is 3. The third-order valence-electron chi connectivity index (χ3n) is 6.70. The van der Waals surface area contributed by atoms with Gasteiger partial charge < -0.3 is 19.5 Å². The molecule has 188 valence electrons. The first-order valence-electron chi connectivity index (χ1n) is 12.4. The van der Waals surface area contributed by atoms with E-state index in [0.29, 0.717) is 5.11 Å². The zero-order valence-electron chi connectivity index (χ0n) is 20.7. The zero-order chi connectivity index (χ0) is 26.1. The molecule has 0 radical (unpaired) electrons. The number of pyridine rings is 1. The van der Waals surface area contributed by atoms with Crippen molar-refractivity contribution in [1.29, 1.82) is 0 Å². The fourth-order valence-corrected chi connectivity index (χ4v) is 5.64. The average molecular weight is 582 g/mol. The molecule has 0 amide bonds. The summed E-state index contributed by atoms with van der Waals surface area (Å²) in [5, 5.41) is 4.20. The number of para-hydroxylation sites is 1. The maximum Gasteiger partial charge on any atom is 0.174 e. The lowest BCUT2D eigenvalue weighted by Crippen LogP contribution is -2.30. The summed E-state index contributed by atoms with van der Waals surface area (Å²) in [6.07, 6.45) is 3.91. The summed E-state index contributed by atoms with van der Waals surface area (Å²) in [5.41, 5.74) is 5.17. The van der Waals surface area contributed by atoms with Crippen molar-refractivity contribution in [2.45, 2.75) is 19.0 Å². The van der Waals surface area contributed by atoms with Gasteiger partial charge in [-0.25, -0.2) is 0 Å². The molecule has 5 aromatic rings. The minimum absolute atomic E-state index is 0.130. The van der Waals surface area contributed by atoms with Gasteiger partial charge in [-0.3, -0.25) is 4.98 Å². The maximum absolute atomic E-state index is 6.15.